The van der Waals surface area contributed by atoms with Crippen molar-refractivity contribution in [1.29, 1.82) is 0 Å². The SMILES string of the molecule is CCCCC(=O)Nc1cccc(SCC(=O)Nc2sc3c(c2C(=O)OC)CCCCC3)c1. The Bertz CT molecular complexity index is 971. The summed E-state index contributed by atoms with van der Waals surface area (Å²) in [5.41, 5.74) is 2.28. The summed E-state index contributed by atoms with van der Waals surface area (Å²) in [5, 5.41) is 6.42. The summed E-state index contributed by atoms with van der Waals surface area (Å²) in [7, 11) is 1.37. The van der Waals surface area contributed by atoms with Gasteiger partial charge in [0.05, 0.1) is 18.4 Å². The van der Waals surface area contributed by atoms with Gasteiger partial charge in [-0.05, 0) is 55.9 Å². The molecule has 172 valence electrons. The summed E-state index contributed by atoms with van der Waals surface area (Å²) in [4.78, 5) is 39.1. The quantitative estimate of drug-likeness (QED) is 0.278. The van der Waals surface area contributed by atoms with E-state index in [0.717, 1.165) is 61.1 Å². The highest BCUT2D eigenvalue weighted by molar-refractivity contribution is 8.00. The molecule has 0 radical (unpaired) electrons. The number of fused-ring (bicyclic) bond motifs is 1. The number of methoxy groups -OCH3 is 1. The van der Waals surface area contributed by atoms with Crippen LogP contribution in [-0.4, -0.2) is 30.6 Å². The average Bonchev–Trinajstić information content (AvgIpc) is 2.96. The molecule has 1 aliphatic rings. The number of esters is 1. The number of unbranched alkanes of at least 4 members (excludes halogenated alkanes) is 1. The van der Waals surface area contributed by atoms with Gasteiger partial charge in [0.2, 0.25) is 11.8 Å². The second-order valence-corrected chi connectivity index (χ2v) is 9.93. The number of amides is 2. The Morgan fingerprint density at radius 2 is 1.91 bits per heavy atom. The van der Waals surface area contributed by atoms with Crippen LogP contribution in [0.3, 0.4) is 0 Å². The molecule has 0 aliphatic heterocycles. The molecular formula is C24H30N2O4S2. The Morgan fingerprint density at radius 1 is 1.09 bits per heavy atom. The summed E-state index contributed by atoms with van der Waals surface area (Å²) in [6, 6.07) is 7.48. The fourth-order valence-corrected chi connectivity index (χ4v) is 5.73. The predicted octanol–water partition coefficient (Wildman–Crippen LogP) is 5.66. The van der Waals surface area contributed by atoms with E-state index < -0.39 is 0 Å². The summed E-state index contributed by atoms with van der Waals surface area (Å²) in [5.74, 6) is -0.358. The normalized spacial score (nSPS) is 13.1. The van der Waals surface area contributed by atoms with E-state index in [4.69, 9.17) is 4.74 Å². The zero-order chi connectivity index (χ0) is 22.9. The lowest BCUT2D eigenvalue weighted by Gasteiger charge is -2.09. The molecule has 8 heteroatoms. The second kappa shape index (κ2) is 12.1. The molecule has 1 aromatic heterocycles. The number of benzene rings is 1. The molecule has 1 heterocycles. The smallest absolute Gasteiger partial charge is 0.341 e. The number of hydrogen-bond donors (Lipinski definition) is 2. The molecule has 1 aromatic carbocycles. The Kier molecular flexibility index (Phi) is 9.17. The van der Waals surface area contributed by atoms with E-state index >= 15 is 0 Å². The minimum absolute atomic E-state index is 0.000421. The highest BCUT2D eigenvalue weighted by Gasteiger charge is 2.26. The van der Waals surface area contributed by atoms with Gasteiger partial charge in [-0.25, -0.2) is 4.79 Å². The lowest BCUT2D eigenvalue weighted by molar-refractivity contribution is -0.116. The predicted molar refractivity (Wildman–Crippen MR) is 131 cm³/mol. The van der Waals surface area contributed by atoms with Gasteiger partial charge in [-0.1, -0.05) is 25.8 Å². The van der Waals surface area contributed by atoms with Crippen LogP contribution in [0.5, 0.6) is 0 Å². The maximum atomic E-state index is 12.7. The van der Waals surface area contributed by atoms with Crippen molar-refractivity contribution < 1.29 is 19.1 Å². The Morgan fingerprint density at radius 3 is 2.69 bits per heavy atom. The first-order chi connectivity index (χ1) is 15.5. The average molecular weight is 475 g/mol. The zero-order valence-electron chi connectivity index (χ0n) is 18.6. The van der Waals surface area contributed by atoms with Gasteiger partial charge in [-0.2, -0.15) is 0 Å². The maximum Gasteiger partial charge on any atom is 0.341 e. The van der Waals surface area contributed by atoms with Gasteiger partial charge in [0.25, 0.3) is 0 Å². The van der Waals surface area contributed by atoms with Crippen molar-refractivity contribution in [2.75, 3.05) is 23.5 Å². The first-order valence-electron chi connectivity index (χ1n) is 11.1. The molecule has 0 bridgehead atoms. The number of anilines is 2. The second-order valence-electron chi connectivity index (χ2n) is 7.78. The van der Waals surface area contributed by atoms with Crippen molar-refractivity contribution >= 4 is 51.6 Å². The highest BCUT2D eigenvalue weighted by atomic mass is 32.2. The van der Waals surface area contributed by atoms with Crippen LogP contribution in [0.4, 0.5) is 10.7 Å². The third-order valence-corrected chi connectivity index (χ3v) is 7.51. The molecule has 0 saturated heterocycles. The standard InChI is InChI=1S/C24H30N2O4S2/c1-3-4-13-20(27)25-16-9-8-10-17(14-16)31-15-21(28)26-23-22(24(29)30-2)18-11-6-5-7-12-19(18)32-23/h8-10,14H,3-7,11-13,15H2,1-2H3,(H,25,27)(H,26,28). The Balaban J connectivity index is 1.62. The van der Waals surface area contributed by atoms with Crippen molar-refractivity contribution in [2.24, 2.45) is 0 Å². The maximum absolute atomic E-state index is 12.7. The number of carbonyl (C=O) groups excluding carboxylic acids is 3. The summed E-state index contributed by atoms with van der Waals surface area (Å²) >= 11 is 2.89. The molecule has 2 N–H and O–H groups in total. The molecular weight excluding hydrogens is 444 g/mol. The molecule has 0 atom stereocenters. The largest absolute Gasteiger partial charge is 0.465 e. The van der Waals surface area contributed by atoms with Crippen LogP contribution in [0.25, 0.3) is 0 Å². The molecule has 1 aliphatic carbocycles. The van der Waals surface area contributed by atoms with E-state index in [1.54, 1.807) is 0 Å². The summed E-state index contributed by atoms with van der Waals surface area (Å²) in [6.45, 7) is 2.05. The van der Waals surface area contributed by atoms with Crippen LogP contribution in [0, 0.1) is 0 Å². The Labute approximate surface area is 197 Å². The first-order valence-corrected chi connectivity index (χ1v) is 12.9. The van der Waals surface area contributed by atoms with Gasteiger partial charge in [0.15, 0.2) is 0 Å². The summed E-state index contributed by atoms with van der Waals surface area (Å²) < 4.78 is 5.00. The van der Waals surface area contributed by atoms with Crippen LogP contribution in [-0.2, 0) is 27.2 Å². The monoisotopic (exact) mass is 474 g/mol. The van der Waals surface area contributed by atoms with Crippen LogP contribution < -0.4 is 10.6 Å². The molecule has 0 saturated carbocycles. The van der Waals surface area contributed by atoms with Gasteiger partial charge in [0, 0.05) is 21.9 Å². The number of hydrogen-bond acceptors (Lipinski definition) is 6. The van der Waals surface area contributed by atoms with Gasteiger partial charge in [-0.15, -0.1) is 23.1 Å². The van der Waals surface area contributed by atoms with E-state index in [0.29, 0.717) is 17.0 Å². The minimum atomic E-state index is -0.390. The fourth-order valence-electron chi connectivity index (χ4n) is 3.68. The van der Waals surface area contributed by atoms with Crippen molar-refractivity contribution in [3.8, 4) is 0 Å². The van der Waals surface area contributed by atoms with Crippen molar-refractivity contribution in [2.45, 2.75) is 63.2 Å². The van der Waals surface area contributed by atoms with Crippen LogP contribution in [0.2, 0.25) is 0 Å². The number of thioether (sulfide) groups is 1. The zero-order valence-corrected chi connectivity index (χ0v) is 20.3. The first kappa shape index (κ1) is 24.3. The minimum Gasteiger partial charge on any atom is -0.465 e. The molecule has 2 amide bonds. The number of aryl methyl sites for hydroxylation is 1. The van der Waals surface area contributed by atoms with Crippen molar-refractivity contribution in [1.82, 2.24) is 0 Å². The number of carbonyl (C=O) groups is 3. The van der Waals surface area contributed by atoms with Gasteiger partial charge < -0.3 is 15.4 Å². The van der Waals surface area contributed by atoms with Crippen LogP contribution in [0.1, 0.15) is 66.2 Å². The number of nitrogens with one attached hydrogen (secondary N) is 2. The highest BCUT2D eigenvalue weighted by Crippen LogP contribution is 2.38. The molecule has 32 heavy (non-hydrogen) atoms. The van der Waals surface area contributed by atoms with E-state index in [1.165, 1.54) is 35.1 Å². The molecule has 3 rings (SSSR count). The van der Waals surface area contributed by atoms with Crippen LogP contribution in [0.15, 0.2) is 29.2 Å². The third kappa shape index (κ3) is 6.59. The van der Waals surface area contributed by atoms with Gasteiger partial charge >= 0.3 is 5.97 Å². The lowest BCUT2D eigenvalue weighted by atomic mass is 10.1. The molecule has 0 fully saturated rings. The van der Waals surface area contributed by atoms with Gasteiger partial charge in [-0.3, -0.25) is 9.59 Å². The molecule has 6 nitrogen and oxygen atoms in total. The number of rotatable bonds is 9. The molecule has 0 unspecified atom stereocenters. The third-order valence-electron chi connectivity index (χ3n) is 5.31. The Hall–Kier alpha value is -2.32. The fraction of sp³-hybridized carbons (Fsp3) is 0.458. The molecule has 2 aromatic rings. The van der Waals surface area contributed by atoms with Crippen LogP contribution >= 0.6 is 23.1 Å². The van der Waals surface area contributed by atoms with E-state index in [-0.39, 0.29) is 23.5 Å². The van der Waals surface area contributed by atoms with Crippen molar-refractivity contribution in [3.63, 3.8) is 0 Å². The topological polar surface area (TPSA) is 84.5 Å². The lowest BCUT2D eigenvalue weighted by Crippen LogP contribution is -2.16. The van der Waals surface area contributed by atoms with E-state index in [2.05, 4.69) is 17.6 Å². The summed E-state index contributed by atoms with van der Waals surface area (Å²) in [6.07, 6.45) is 7.42. The van der Waals surface area contributed by atoms with Crippen molar-refractivity contribution in [3.05, 3.63) is 40.3 Å². The van der Waals surface area contributed by atoms with E-state index in [9.17, 15) is 14.4 Å². The molecule has 0 spiro atoms. The number of ether oxygens (including phenoxy) is 1. The number of thiophene rings is 1. The van der Waals surface area contributed by atoms with Gasteiger partial charge in [0.1, 0.15) is 5.00 Å². The van der Waals surface area contributed by atoms with E-state index in [1.807, 2.05) is 24.3 Å².